The zero-order valence-electron chi connectivity index (χ0n) is 15.2. The maximum Gasteiger partial charge on any atom is 0.330 e. The normalized spacial score (nSPS) is 11.1. The topological polar surface area (TPSA) is 82.8 Å². The highest BCUT2D eigenvalue weighted by atomic mass is 35.5. The Balaban J connectivity index is 1.43. The number of nitrogens with zero attached hydrogens (tertiary/aromatic N) is 5. The smallest absolute Gasteiger partial charge is 0.330 e. The van der Waals surface area contributed by atoms with Crippen molar-refractivity contribution < 1.29 is 9.53 Å². The third-order valence-corrected chi connectivity index (χ3v) is 5.44. The van der Waals surface area contributed by atoms with Crippen LogP contribution < -0.4 is 0 Å². The zero-order chi connectivity index (χ0) is 19.7. The minimum atomic E-state index is -0.481. The van der Waals surface area contributed by atoms with Gasteiger partial charge in [0.15, 0.2) is 6.54 Å². The monoisotopic (exact) mass is 413 g/mol. The Morgan fingerprint density at radius 3 is 2.93 bits per heavy atom. The van der Waals surface area contributed by atoms with E-state index in [9.17, 15) is 4.79 Å². The van der Waals surface area contributed by atoms with E-state index in [1.165, 1.54) is 16.1 Å². The van der Waals surface area contributed by atoms with Crippen molar-refractivity contribution in [2.75, 3.05) is 0 Å². The van der Waals surface area contributed by atoms with Crippen LogP contribution in [0.5, 0.6) is 0 Å². The number of hydrogen-bond donors (Lipinski definition) is 0. The van der Waals surface area contributed by atoms with Gasteiger partial charge in [-0.1, -0.05) is 23.7 Å². The third-order valence-electron chi connectivity index (χ3n) is 4.43. The number of rotatable bonds is 5. The molecule has 0 aliphatic heterocycles. The van der Waals surface area contributed by atoms with Crippen molar-refractivity contribution in [3.05, 3.63) is 56.9 Å². The van der Waals surface area contributed by atoms with Crippen LogP contribution in [0.2, 0.25) is 5.15 Å². The summed E-state index contributed by atoms with van der Waals surface area (Å²) in [6, 6.07) is 7.80. The van der Waals surface area contributed by atoms with Gasteiger partial charge < -0.3 is 4.74 Å². The highest BCUT2D eigenvalue weighted by Gasteiger charge is 2.13. The number of pyridine rings is 1. The van der Waals surface area contributed by atoms with E-state index in [1.54, 1.807) is 0 Å². The lowest BCUT2D eigenvalue weighted by Gasteiger charge is -2.10. The molecule has 142 valence electrons. The number of benzene rings is 1. The van der Waals surface area contributed by atoms with Crippen LogP contribution in [0, 0.1) is 13.8 Å². The molecule has 4 aromatic rings. The first kappa shape index (κ1) is 18.5. The number of ether oxygens (including phenoxy) is 1. The first-order valence-electron chi connectivity index (χ1n) is 8.52. The van der Waals surface area contributed by atoms with Gasteiger partial charge in [-0.05, 0) is 47.7 Å². The van der Waals surface area contributed by atoms with Gasteiger partial charge in [0, 0.05) is 21.9 Å². The van der Waals surface area contributed by atoms with E-state index < -0.39 is 5.97 Å². The lowest BCUT2D eigenvalue weighted by molar-refractivity contribution is -0.146. The summed E-state index contributed by atoms with van der Waals surface area (Å²) in [5.41, 5.74) is 4.60. The number of aryl methyl sites for hydroxylation is 2. The Kier molecular flexibility index (Phi) is 5.06. The van der Waals surface area contributed by atoms with E-state index in [2.05, 4.69) is 20.4 Å². The lowest BCUT2D eigenvalue weighted by atomic mass is 10.0. The molecule has 0 fully saturated rings. The number of aromatic nitrogens is 5. The van der Waals surface area contributed by atoms with Gasteiger partial charge in [-0.3, -0.25) is 0 Å². The Morgan fingerprint density at radius 1 is 1.29 bits per heavy atom. The molecular weight excluding hydrogens is 398 g/mol. The van der Waals surface area contributed by atoms with Crippen LogP contribution in [-0.4, -0.2) is 31.2 Å². The van der Waals surface area contributed by atoms with E-state index >= 15 is 0 Å². The van der Waals surface area contributed by atoms with E-state index in [-0.39, 0.29) is 13.2 Å². The summed E-state index contributed by atoms with van der Waals surface area (Å²) in [7, 11) is 0. The first-order valence-corrected chi connectivity index (χ1v) is 9.84. The molecular formula is C19H16ClN5O2S. The molecule has 1 aromatic carbocycles. The van der Waals surface area contributed by atoms with Gasteiger partial charge in [0.1, 0.15) is 11.8 Å². The number of hydrogen-bond acceptors (Lipinski definition) is 7. The Bertz CT molecular complexity index is 1160. The van der Waals surface area contributed by atoms with Gasteiger partial charge in [0.25, 0.3) is 0 Å². The number of halogens is 1. The molecule has 0 spiro atoms. The summed E-state index contributed by atoms with van der Waals surface area (Å²) in [6.07, 6.45) is 0. The molecule has 3 heterocycles. The fraction of sp³-hybridized carbons (Fsp3) is 0.211. The maximum atomic E-state index is 12.1. The van der Waals surface area contributed by atoms with Gasteiger partial charge >= 0.3 is 5.97 Å². The van der Waals surface area contributed by atoms with E-state index in [4.69, 9.17) is 16.3 Å². The van der Waals surface area contributed by atoms with E-state index in [0.717, 1.165) is 27.6 Å². The van der Waals surface area contributed by atoms with Crippen LogP contribution in [0.25, 0.3) is 22.3 Å². The largest absolute Gasteiger partial charge is 0.459 e. The third kappa shape index (κ3) is 3.74. The van der Waals surface area contributed by atoms with Crippen molar-refractivity contribution in [2.24, 2.45) is 0 Å². The molecule has 0 atom stereocenters. The zero-order valence-corrected chi connectivity index (χ0v) is 16.8. The van der Waals surface area contributed by atoms with E-state index in [0.29, 0.717) is 16.5 Å². The summed E-state index contributed by atoms with van der Waals surface area (Å²) >= 11 is 7.83. The molecule has 9 heteroatoms. The van der Waals surface area contributed by atoms with Crippen molar-refractivity contribution in [1.29, 1.82) is 0 Å². The quantitative estimate of drug-likeness (QED) is 0.363. The predicted molar refractivity (Wildman–Crippen MR) is 107 cm³/mol. The summed E-state index contributed by atoms with van der Waals surface area (Å²) in [4.78, 5) is 17.8. The summed E-state index contributed by atoms with van der Waals surface area (Å²) in [5, 5.41) is 17.1. The summed E-state index contributed by atoms with van der Waals surface area (Å²) in [6.45, 7) is 3.94. The number of carbonyl (C=O) groups excluding carboxylic acids is 1. The molecule has 0 aliphatic rings. The van der Waals surface area contributed by atoms with Crippen LogP contribution in [0.3, 0.4) is 0 Å². The molecule has 7 nitrogen and oxygen atoms in total. The van der Waals surface area contributed by atoms with Crippen LogP contribution in [0.4, 0.5) is 0 Å². The molecule has 0 unspecified atom stereocenters. The van der Waals surface area contributed by atoms with Crippen LogP contribution in [0.1, 0.15) is 16.7 Å². The summed E-state index contributed by atoms with van der Waals surface area (Å²) < 4.78 is 5.33. The molecule has 0 bridgehead atoms. The molecule has 0 saturated carbocycles. The molecule has 0 saturated heterocycles. The van der Waals surface area contributed by atoms with Gasteiger partial charge in [0.05, 0.1) is 5.52 Å². The molecule has 0 radical (unpaired) electrons. The Hall–Kier alpha value is -2.84. The summed E-state index contributed by atoms with van der Waals surface area (Å²) in [5.74, 6) is -0.00740. The second-order valence-electron chi connectivity index (χ2n) is 6.33. The molecule has 3 aromatic heterocycles. The fourth-order valence-corrected chi connectivity index (χ4v) is 3.57. The highest BCUT2D eigenvalue weighted by Crippen LogP contribution is 2.25. The predicted octanol–water partition coefficient (Wildman–Crippen LogP) is 3.96. The average molecular weight is 414 g/mol. The molecule has 0 amide bonds. The standard InChI is InChI=1S/C19H16ClN5O2S/c1-11-3-4-13-7-15(18(20)21-17(13)12(11)2)9-27-16(26)8-25-23-19(22-24-25)14-5-6-28-10-14/h3-7,10H,8-9H2,1-2H3. The SMILES string of the molecule is Cc1ccc2cc(COC(=O)Cn3nnc(-c4ccsc4)n3)c(Cl)nc2c1C. The molecule has 28 heavy (non-hydrogen) atoms. The van der Waals surface area contributed by atoms with Gasteiger partial charge in [0.2, 0.25) is 5.82 Å². The highest BCUT2D eigenvalue weighted by molar-refractivity contribution is 7.08. The second kappa shape index (κ2) is 7.65. The molecule has 0 aliphatic carbocycles. The van der Waals surface area contributed by atoms with Crippen LogP contribution >= 0.6 is 22.9 Å². The van der Waals surface area contributed by atoms with Gasteiger partial charge in [-0.2, -0.15) is 16.1 Å². The lowest BCUT2D eigenvalue weighted by Crippen LogP contribution is -2.16. The van der Waals surface area contributed by atoms with Crippen LogP contribution in [0.15, 0.2) is 35.0 Å². The first-order chi connectivity index (χ1) is 13.5. The van der Waals surface area contributed by atoms with Crippen molar-refractivity contribution >= 4 is 39.8 Å². The number of fused-ring (bicyclic) bond motifs is 1. The van der Waals surface area contributed by atoms with Crippen molar-refractivity contribution in [3.8, 4) is 11.4 Å². The van der Waals surface area contributed by atoms with Gasteiger partial charge in [-0.15, -0.1) is 10.2 Å². The minimum absolute atomic E-state index is 0.0274. The van der Waals surface area contributed by atoms with E-state index in [1.807, 2.05) is 48.9 Å². The number of tetrazole rings is 1. The average Bonchev–Trinajstić information content (AvgIpc) is 3.35. The van der Waals surface area contributed by atoms with Crippen LogP contribution in [-0.2, 0) is 22.7 Å². The number of carbonyl (C=O) groups is 1. The minimum Gasteiger partial charge on any atom is -0.459 e. The van der Waals surface area contributed by atoms with Gasteiger partial charge in [-0.25, -0.2) is 9.78 Å². The van der Waals surface area contributed by atoms with Crippen molar-refractivity contribution in [3.63, 3.8) is 0 Å². The number of esters is 1. The van der Waals surface area contributed by atoms with Crippen molar-refractivity contribution in [2.45, 2.75) is 27.0 Å². The second-order valence-corrected chi connectivity index (χ2v) is 7.47. The maximum absolute atomic E-state index is 12.1. The molecule has 0 N–H and O–H groups in total. The van der Waals surface area contributed by atoms with Crippen molar-refractivity contribution in [1.82, 2.24) is 25.2 Å². The Morgan fingerprint density at radius 2 is 2.14 bits per heavy atom. The Labute approximate surface area is 169 Å². The molecule has 4 rings (SSSR count). The number of thiophene rings is 1. The fourth-order valence-electron chi connectivity index (χ4n) is 2.74.